The van der Waals surface area contributed by atoms with Gasteiger partial charge in [-0.15, -0.1) is 0 Å². The molecule has 0 bridgehead atoms. The second kappa shape index (κ2) is 3.81. The zero-order valence-electron chi connectivity index (χ0n) is 9.19. The molecule has 0 amide bonds. The van der Waals surface area contributed by atoms with E-state index in [1.54, 1.807) is 6.33 Å². The Morgan fingerprint density at radius 1 is 1.24 bits per heavy atom. The Hall–Kier alpha value is -1.95. The SMILES string of the molecule is Nc1ncnc2c1ncn2C[C@H]1C=C[C@H]1CO. The van der Waals surface area contributed by atoms with E-state index in [2.05, 4.69) is 21.0 Å². The van der Waals surface area contributed by atoms with Gasteiger partial charge in [0.25, 0.3) is 0 Å². The highest BCUT2D eigenvalue weighted by Crippen LogP contribution is 2.27. The average molecular weight is 231 g/mol. The number of fused-ring (bicyclic) bond motifs is 1. The molecule has 2 atom stereocenters. The predicted octanol–water partition coefficient (Wildman–Crippen LogP) is 0.203. The first kappa shape index (κ1) is 10.2. The van der Waals surface area contributed by atoms with Crippen LogP contribution in [0.3, 0.4) is 0 Å². The van der Waals surface area contributed by atoms with Crippen LogP contribution in [0.25, 0.3) is 11.2 Å². The second-order valence-corrected chi connectivity index (χ2v) is 4.22. The van der Waals surface area contributed by atoms with Gasteiger partial charge in [0.2, 0.25) is 0 Å². The van der Waals surface area contributed by atoms with Crippen molar-refractivity contribution in [2.24, 2.45) is 11.8 Å². The second-order valence-electron chi connectivity index (χ2n) is 4.22. The van der Waals surface area contributed by atoms with Gasteiger partial charge in [-0.25, -0.2) is 15.0 Å². The van der Waals surface area contributed by atoms with Crippen LogP contribution in [0.15, 0.2) is 24.8 Å². The van der Waals surface area contributed by atoms with Crippen molar-refractivity contribution < 1.29 is 5.11 Å². The van der Waals surface area contributed by atoms with Crippen LogP contribution in [0.2, 0.25) is 0 Å². The molecule has 0 saturated carbocycles. The van der Waals surface area contributed by atoms with Gasteiger partial charge in [-0.1, -0.05) is 12.2 Å². The maximum atomic E-state index is 9.12. The molecule has 2 aromatic heterocycles. The zero-order valence-corrected chi connectivity index (χ0v) is 9.19. The van der Waals surface area contributed by atoms with Gasteiger partial charge < -0.3 is 15.4 Å². The number of anilines is 1. The van der Waals surface area contributed by atoms with Crippen molar-refractivity contribution in [3.63, 3.8) is 0 Å². The lowest BCUT2D eigenvalue weighted by Crippen LogP contribution is -2.26. The van der Waals surface area contributed by atoms with E-state index in [0.717, 1.165) is 12.2 Å². The van der Waals surface area contributed by atoms with Crippen LogP contribution >= 0.6 is 0 Å². The summed E-state index contributed by atoms with van der Waals surface area (Å²) in [7, 11) is 0. The summed E-state index contributed by atoms with van der Waals surface area (Å²) in [6.07, 6.45) is 7.27. The van der Waals surface area contributed by atoms with Gasteiger partial charge in [0.1, 0.15) is 11.8 Å². The van der Waals surface area contributed by atoms with Crippen LogP contribution in [0, 0.1) is 11.8 Å². The maximum absolute atomic E-state index is 9.12. The fourth-order valence-corrected chi connectivity index (χ4v) is 2.08. The Morgan fingerprint density at radius 3 is 2.76 bits per heavy atom. The van der Waals surface area contributed by atoms with Gasteiger partial charge in [0, 0.05) is 25.0 Å². The van der Waals surface area contributed by atoms with E-state index >= 15 is 0 Å². The van der Waals surface area contributed by atoms with Crippen molar-refractivity contribution in [1.29, 1.82) is 0 Å². The lowest BCUT2D eigenvalue weighted by Gasteiger charge is -2.27. The Labute approximate surface area is 97.8 Å². The van der Waals surface area contributed by atoms with Crippen molar-refractivity contribution >= 4 is 17.0 Å². The van der Waals surface area contributed by atoms with Gasteiger partial charge >= 0.3 is 0 Å². The number of aliphatic hydroxyl groups is 1. The summed E-state index contributed by atoms with van der Waals surface area (Å²) in [4.78, 5) is 12.3. The molecule has 3 N–H and O–H groups in total. The molecular formula is C11H13N5O. The van der Waals surface area contributed by atoms with E-state index in [-0.39, 0.29) is 12.5 Å². The molecule has 1 aliphatic rings. The Balaban J connectivity index is 1.91. The van der Waals surface area contributed by atoms with Crippen molar-refractivity contribution in [3.8, 4) is 0 Å². The van der Waals surface area contributed by atoms with Gasteiger partial charge in [-0.3, -0.25) is 0 Å². The maximum Gasteiger partial charge on any atom is 0.165 e. The standard InChI is InChI=1S/C11H13N5O/c12-10-9-11(14-5-13-10)16(6-15-9)3-7-1-2-8(7)4-17/h1-2,5-8,17H,3-4H2,(H2,12,13,14)/t7-,8+/m1/s1. The lowest BCUT2D eigenvalue weighted by molar-refractivity contribution is 0.200. The Morgan fingerprint density at radius 2 is 2.06 bits per heavy atom. The number of rotatable bonds is 3. The van der Waals surface area contributed by atoms with Gasteiger partial charge in [-0.2, -0.15) is 0 Å². The van der Waals surface area contributed by atoms with Crippen LogP contribution in [0.5, 0.6) is 0 Å². The first-order valence-corrected chi connectivity index (χ1v) is 5.50. The summed E-state index contributed by atoms with van der Waals surface area (Å²) >= 11 is 0. The predicted molar refractivity (Wildman–Crippen MR) is 62.9 cm³/mol. The van der Waals surface area contributed by atoms with Crippen LogP contribution in [-0.4, -0.2) is 31.2 Å². The van der Waals surface area contributed by atoms with Crippen LogP contribution in [0.1, 0.15) is 0 Å². The number of nitrogens with two attached hydrogens (primary N) is 1. The molecular weight excluding hydrogens is 218 g/mol. The Bertz CT molecular complexity index is 576. The minimum Gasteiger partial charge on any atom is -0.396 e. The van der Waals surface area contributed by atoms with Gasteiger partial charge in [0.15, 0.2) is 11.5 Å². The number of nitrogens with zero attached hydrogens (tertiary/aromatic N) is 4. The average Bonchev–Trinajstić information content (AvgIpc) is 2.70. The van der Waals surface area contributed by atoms with E-state index in [1.165, 1.54) is 6.33 Å². The molecule has 0 aromatic carbocycles. The minimum absolute atomic E-state index is 0.185. The number of hydrogen-bond acceptors (Lipinski definition) is 5. The number of imidazole rings is 1. The Kier molecular flexibility index (Phi) is 2.29. The first-order chi connectivity index (χ1) is 8.29. The van der Waals surface area contributed by atoms with Gasteiger partial charge in [-0.05, 0) is 0 Å². The third kappa shape index (κ3) is 1.57. The highest BCUT2D eigenvalue weighted by Gasteiger charge is 2.24. The van der Waals surface area contributed by atoms with E-state index in [4.69, 9.17) is 10.8 Å². The number of aromatic nitrogens is 4. The molecule has 0 unspecified atom stereocenters. The molecule has 2 heterocycles. The molecule has 3 rings (SSSR count). The molecule has 0 saturated heterocycles. The fraction of sp³-hybridized carbons (Fsp3) is 0.364. The summed E-state index contributed by atoms with van der Waals surface area (Å²) in [5, 5.41) is 9.12. The van der Waals surface area contributed by atoms with E-state index < -0.39 is 0 Å². The van der Waals surface area contributed by atoms with Gasteiger partial charge in [0.05, 0.1) is 6.33 Å². The summed E-state index contributed by atoms with van der Waals surface area (Å²) in [5.74, 6) is 0.983. The quantitative estimate of drug-likeness (QED) is 0.737. The molecule has 1 aliphatic carbocycles. The smallest absolute Gasteiger partial charge is 0.165 e. The lowest BCUT2D eigenvalue weighted by atomic mass is 9.83. The largest absolute Gasteiger partial charge is 0.396 e. The minimum atomic E-state index is 0.185. The molecule has 6 heteroatoms. The van der Waals surface area contributed by atoms with Crippen molar-refractivity contribution in [1.82, 2.24) is 19.5 Å². The molecule has 0 fully saturated rings. The van der Waals surface area contributed by atoms with Crippen LogP contribution < -0.4 is 5.73 Å². The van der Waals surface area contributed by atoms with E-state index in [0.29, 0.717) is 17.3 Å². The highest BCUT2D eigenvalue weighted by atomic mass is 16.3. The molecule has 2 aromatic rings. The third-order valence-electron chi connectivity index (χ3n) is 3.20. The van der Waals surface area contributed by atoms with Crippen molar-refractivity contribution in [2.45, 2.75) is 6.54 Å². The number of hydrogen-bond donors (Lipinski definition) is 2. The summed E-state index contributed by atoms with van der Waals surface area (Å²) in [5.41, 5.74) is 7.10. The number of aliphatic hydroxyl groups excluding tert-OH is 1. The first-order valence-electron chi connectivity index (χ1n) is 5.50. The topological polar surface area (TPSA) is 89.9 Å². The van der Waals surface area contributed by atoms with Crippen molar-refractivity contribution in [2.75, 3.05) is 12.3 Å². The highest BCUT2D eigenvalue weighted by molar-refractivity contribution is 5.81. The molecule has 0 aliphatic heterocycles. The summed E-state index contributed by atoms with van der Waals surface area (Å²) in [6.45, 7) is 0.944. The van der Waals surface area contributed by atoms with Crippen LogP contribution in [-0.2, 0) is 6.54 Å². The normalized spacial score (nSPS) is 22.9. The molecule has 0 radical (unpaired) electrons. The van der Waals surface area contributed by atoms with E-state index in [1.807, 2.05) is 10.6 Å². The summed E-state index contributed by atoms with van der Waals surface area (Å²) < 4.78 is 1.95. The molecule has 6 nitrogen and oxygen atoms in total. The van der Waals surface area contributed by atoms with Crippen molar-refractivity contribution in [3.05, 3.63) is 24.8 Å². The third-order valence-corrected chi connectivity index (χ3v) is 3.20. The van der Waals surface area contributed by atoms with E-state index in [9.17, 15) is 0 Å². The zero-order chi connectivity index (χ0) is 11.8. The fourth-order valence-electron chi connectivity index (χ4n) is 2.08. The molecule has 17 heavy (non-hydrogen) atoms. The van der Waals surface area contributed by atoms with Crippen LogP contribution in [0.4, 0.5) is 5.82 Å². The monoisotopic (exact) mass is 231 g/mol. The number of allylic oxidation sites excluding steroid dienone is 1. The molecule has 0 spiro atoms. The number of nitrogen functional groups attached to an aromatic ring is 1. The molecule has 88 valence electrons. The summed E-state index contributed by atoms with van der Waals surface area (Å²) in [6, 6.07) is 0.